The fourth-order valence-electron chi connectivity index (χ4n) is 1.45. The van der Waals surface area contributed by atoms with Crippen molar-refractivity contribution in [2.45, 2.75) is 13.3 Å². The fraction of sp³-hybridized carbons (Fsp3) is 0.250. The molecule has 0 bridgehead atoms. The summed E-state index contributed by atoms with van der Waals surface area (Å²) in [5.41, 5.74) is 0.836. The van der Waals surface area contributed by atoms with Gasteiger partial charge in [-0.15, -0.1) is 11.3 Å². The first-order valence-electron chi connectivity index (χ1n) is 5.97. The molecular weight excluding hydrogens is 278 g/mol. The van der Waals surface area contributed by atoms with Crippen LogP contribution in [0.15, 0.2) is 24.0 Å². The second kappa shape index (κ2) is 6.71. The Morgan fingerprint density at radius 3 is 2.90 bits per heavy atom. The minimum absolute atomic E-state index is 0.0930. The molecule has 2 amide bonds. The number of nitrogens with one attached hydrogen (secondary N) is 2. The quantitative estimate of drug-likeness (QED) is 0.851. The third kappa shape index (κ3) is 3.82. The number of thiazole rings is 1. The summed E-state index contributed by atoms with van der Waals surface area (Å²) in [6.07, 6.45) is 4.51. The molecule has 0 spiro atoms. The third-order valence-corrected chi connectivity index (χ3v) is 3.09. The molecule has 0 atom stereocenters. The predicted octanol–water partition coefficient (Wildman–Crippen LogP) is 0.864. The smallest absolute Gasteiger partial charge is 0.277 e. The Balaban J connectivity index is 1.96. The highest BCUT2D eigenvalue weighted by atomic mass is 32.1. The Morgan fingerprint density at radius 2 is 2.20 bits per heavy atom. The molecule has 20 heavy (non-hydrogen) atoms. The summed E-state index contributed by atoms with van der Waals surface area (Å²) < 4.78 is 0. The Morgan fingerprint density at radius 1 is 1.35 bits per heavy atom. The molecule has 2 aromatic heterocycles. The lowest BCUT2D eigenvalue weighted by Crippen LogP contribution is -2.24. The highest BCUT2D eigenvalue weighted by molar-refractivity contribution is 7.14. The summed E-state index contributed by atoms with van der Waals surface area (Å²) in [7, 11) is 0. The lowest BCUT2D eigenvalue weighted by atomic mass is 10.3. The van der Waals surface area contributed by atoms with Crippen LogP contribution in [0.4, 0.5) is 5.13 Å². The van der Waals surface area contributed by atoms with Gasteiger partial charge >= 0.3 is 0 Å². The monoisotopic (exact) mass is 291 g/mol. The van der Waals surface area contributed by atoms with Gasteiger partial charge in [0, 0.05) is 24.3 Å². The maximum Gasteiger partial charge on any atom is 0.277 e. The van der Waals surface area contributed by atoms with E-state index < -0.39 is 0 Å². The van der Waals surface area contributed by atoms with Crippen LogP contribution >= 0.6 is 11.3 Å². The molecule has 2 heterocycles. The van der Waals surface area contributed by atoms with Crippen molar-refractivity contribution in [2.24, 2.45) is 0 Å². The minimum atomic E-state index is -0.378. The molecule has 2 N–H and O–H groups in total. The molecule has 0 unspecified atom stereocenters. The van der Waals surface area contributed by atoms with E-state index in [9.17, 15) is 9.59 Å². The number of likely N-dealkylation sites (N-methyl/N-ethyl adjacent to an activating group) is 1. The Hall–Kier alpha value is -2.35. The first kappa shape index (κ1) is 14.1. The van der Waals surface area contributed by atoms with Crippen molar-refractivity contribution in [1.29, 1.82) is 0 Å². The van der Waals surface area contributed by atoms with Gasteiger partial charge in [-0.25, -0.2) is 9.97 Å². The number of anilines is 1. The molecule has 0 fully saturated rings. The standard InChI is InChI=1S/C12H13N5O2S/c1-2-14-10(18)5-8-7-20-12(16-8)17-11(19)9-6-13-3-4-15-9/h3-4,6-7H,2,5H2,1H3,(H,14,18)(H,16,17,19). The molecule has 104 valence electrons. The van der Waals surface area contributed by atoms with E-state index in [0.717, 1.165) is 0 Å². The average Bonchev–Trinajstić information content (AvgIpc) is 2.87. The van der Waals surface area contributed by atoms with Gasteiger partial charge in [0.05, 0.1) is 18.3 Å². The fourth-order valence-corrected chi connectivity index (χ4v) is 2.15. The molecule has 0 radical (unpaired) electrons. The zero-order valence-electron chi connectivity index (χ0n) is 10.8. The minimum Gasteiger partial charge on any atom is -0.356 e. The van der Waals surface area contributed by atoms with Crippen LogP contribution in [0.25, 0.3) is 0 Å². The first-order valence-corrected chi connectivity index (χ1v) is 6.85. The van der Waals surface area contributed by atoms with Crippen LogP contribution in [0, 0.1) is 0 Å². The van der Waals surface area contributed by atoms with Gasteiger partial charge in [-0.2, -0.15) is 0 Å². The van der Waals surface area contributed by atoms with Crippen LogP contribution in [0.2, 0.25) is 0 Å². The number of carbonyl (C=O) groups excluding carboxylic acids is 2. The van der Waals surface area contributed by atoms with Gasteiger partial charge in [0.2, 0.25) is 5.91 Å². The second-order valence-electron chi connectivity index (χ2n) is 3.82. The Kier molecular flexibility index (Phi) is 4.72. The highest BCUT2D eigenvalue weighted by Gasteiger charge is 2.11. The Bertz CT molecular complexity index is 599. The van der Waals surface area contributed by atoms with Gasteiger partial charge in [0.1, 0.15) is 5.69 Å². The van der Waals surface area contributed by atoms with Crippen LogP contribution in [-0.2, 0) is 11.2 Å². The molecule has 0 aliphatic heterocycles. The third-order valence-electron chi connectivity index (χ3n) is 2.28. The van der Waals surface area contributed by atoms with E-state index in [1.165, 1.54) is 29.9 Å². The summed E-state index contributed by atoms with van der Waals surface area (Å²) >= 11 is 1.26. The molecule has 0 aromatic carbocycles. The molecule has 0 aliphatic rings. The zero-order valence-corrected chi connectivity index (χ0v) is 11.6. The summed E-state index contributed by atoms with van der Waals surface area (Å²) in [5, 5.41) is 7.48. The van der Waals surface area contributed by atoms with Crippen LogP contribution < -0.4 is 10.6 Å². The number of amides is 2. The van der Waals surface area contributed by atoms with Crippen molar-refractivity contribution < 1.29 is 9.59 Å². The number of rotatable bonds is 5. The van der Waals surface area contributed by atoms with E-state index in [1.807, 2.05) is 6.92 Å². The van der Waals surface area contributed by atoms with E-state index in [4.69, 9.17) is 0 Å². The largest absolute Gasteiger partial charge is 0.356 e. The van der Waals surface area contributed by atoms with Crippen molar-refractivity contribution in [2.75, 3.05) is 11.9 Å². The molecule has 0 saturated carbocycles. The molecule has 0 saturated heterocycles. The van der Waals surface area contributed by atoms with Crippen LogP contribution in [-0.4, -0.2) is 33.3 Å². The summed E-state index contributed by atoms with van der Waals surface area (Å²) in [4.78, 5) is 35.1. The number of hydrogen-bond donors (Lipinski definition) is 2. The average molecular weight is 291 g/mol. The van der Waals surface area contributed by atoms with E-state index in [2.05, 4.69) is 25.6 Å². The SMILES string of the molecule is CCNC(=O)Cc1csc(NC(=O)c2cnccn2)n1. The van der Waals surface area contributed by atoms with Gasteiger partial charge in [-0.1, -0.05) is 0 Å². The molecular formula is C12H13N5O2S. The van der Waals surface area contributed by atoms with Crippen molar-refractivity contribution in [3.8, 4) is 0 Å². The van der Waals surface area contributed by atoms with Gasteiger partial charge < -0.3 is 5.32 Å². The topological polar surface area (TPSA) is 96.9 Å². The summed E-state index contributed by atoms with van der Waals surface area (Å²) in [6.45, 7) is 2.44. The van der Waals surface area contributed by atoms with Gasteiger partial charge in [0.25, 0.3) is 5.91 Å². The second-order valence-corrected chi connectivity index (χ2v) is 4.68. The zero-order chi connectivity index (χ0) is 14.4. The van der Waals surface area contributed by atoms with Crippen LogP contribution in [0.1, 0.15) is 23.1 Å². The number of hydrogen-bond acceptors (Lipinski definition) is 6. The molecule has 2 rings (SSSR count). The summed E-state index contributed by atoms with van der Waals surface area (Å²) in [6, 6.07) is 0. The van der Waals surface area contributed by atoms with Gasteiger partial charge in [0.15, 0.2) is 5.13 Å². The number of nitrogens with zero attached hydrogens (tertiary/aromatic N) is 3. The van der Waals surface area contributed by atoms with Crippen molar-refractivity contribution >= 4 is 28.3 Å². The van der Waals surface area contributed by atoms with E-state index in [1.54, 1.807) is 5.38 Å². The normalized spacial score (nSPS) is 10.1. The predicted molar refractivity (Wildman–Crippen MR) is 74.5 cm³/mol. The van der Waals surface area contributed by atoms with E-state index in [0.29, 0.717) is 17.4 Å². The Labute approximate surface area is 119 Å². The van der Waals surface area contributed by atoms with Crippen LogP contribution in [0.5, 0.6) is 0 Å². The highest BCUT2D eigenvalue weighted by Crippen LogP contribution is 2.16. The molecule has 0 aliphatic carbocycles. The van der Waals surface area contributed by atoms with Gasteiger partial charge in [-0.3, -0.25) is 19.9 Å². The van der Waals surface area contributed by atoms with Gasteiger partial charge in [-0.05, 0) is 6.92 Å². The number of aromatic nitrogens is 3. The summed E-state index contributed by atoms with van der Waals surface area (Å²) in [5.74, 6) is -0.471. The molecule has 2 aromatic rings. The lowest BCUT2D eigenvalue weighted by molar-refractivity contribution is -0.120. The van der Waals surface area contributed by atoms with Crippen molar-refractivity contribution in [3.63, 3.8) is 0 Å². The maximum atomic E-state index is 11.8. The molecule has 7 nitrogen and oxygen atoms in total. The van der Waals surface area contributed by atoms with Crippen molar-refractivity contribution in [3.05, 3.63) is 35.4 Å². The van der Waals surface area contributed by atoms with Crippen LogP contribution in [0.3, 0.4) is 0 Å². The first-order chi connectivity index (χ1) is 9.69. The lowest BCUT2D eigenvalue weighted by Gasteiger charge is -2.00. The van der Waals surface area contributed by atoms with E-state index >= 15 is 0 Å². The van der Waals surface area contributed by atoms with E-state index in [-0.39, 0.29) is 23.9 Å². The number of carbonyl (C=O) groups is 2. The molecule has 8 heteroatoms. The maximum absolute atomic E-state index is 11.8. The van der Waals surface area contributed by atoms with Crippen molar-refractivity contribution in [1.82, 2.24) is 20.3 Å².